The fourth-order valence-corrected chi connectivity index (χ4v) is 2.31. The second-order valence-electron chi connectivity index (χ2n) is 2.95. The first-order chi connectivity index (χ1) is 4.83. The lowest BCUT2D eigenvalue weighted by Crippen LogP contribution is -2.28. The zero-order valence-electron chi connectivity index (χ0n) is 6.43. The van der Waals surface area contributed by atoms with Gasteiger partial charge in [-0.2, -0.15) is 11.8 Å². The van der Waals surface area contributed by atoms with Gasteiger partial charge >= 0.3 is 0 Å². The molecule has 0 aromatic rings. The van der Waals surface area contributed by atoms with Gasteiger partial charge in [-0.05, 0) is 19.1 Å². The van der Waals surface area contributed by atoms with Crippen LogP contribution in [-0.4, -0.2) is 17.3 Å². The van der Waals surface area contributed by atoms with E-state index in [2.05, 4.69) is 0 Å². The number of hydrogen-bond donors (Lipinski definition) is 0. The van der Waals surface area contributed by atoms with Crippen LogP contribution in [0.25, 0.3) is 0 Å². The van der Waals surface area contributed by atoms with E-state index in [0.29, 0.717) is 0 Å². The molecule has 0 aliphatic heterocycles. The van der Waals surface area contributed by atoms with Crippen LogP contribution >= 0.6 is 11.8 Å². The van der Waals surface area contributed by atoms with E-state index >= 15 is 0 Å². The molecule has 1 aliphatic rings. The summed E-state index contributed by atoms with van der Waals surface area (Å²) in [5, 5.41) is 0. The first kappa shape index (κ1) is 8.12. The van der Waals surface area contributed by atoms with Crippen molar-refractivity contribution in [2.24, 2.45) is 0 Å². The molecule has 0 saturated heterocycles. The number of rotatable bonds is 2. The lowest BCUT2D eigenvalue weighted by molar-refractivity contribution is -0.110. The molecule has 2 heteroatoms. The molecule has 0 bridgehead atoms. The van der Waals surface area contributed by atoms with Crippen LogP contribution in [0.5, 0.6) is 0 Å². The maximum Gasteiger partial charge on any atom is 0.136 e. The molecule has 0 atom stereocenters. The highest BCUT2D eigenvalue weighted by Crippen LogP contribution is 2.36. The minimum Gasteiger partial charge on any atom is -0.302 e. The molecular weight excluding hydrogens is 144 g/mol. The molecule has 10 heavy (non-hydrogen) atoms. The SMILES string of the molecule is CSC1(C=O)CCCCC1. The number of carbonyl (C=O) groups excluding carboxylic acids is 1. The van der Waals surface area contributed by atoms with Crippen molar-refractivity contribution in [2.45, 2.75) is 36.9 Å². The summed E-state index contributed by atoms with van der Waals surface area (Å²) in [6.45, 7) is 0. The third-order valence-corrected chi connectivity index (χ3v) is 3.64. The van der Waals surface area contributed by atoms with Crippen LogP contribution in [0, 0.1) is 0 Å². The molecule has 1 rings (SSSR count). The Morgan fingerprint density at radius 2 is 1.90 bits per heavy atom. The van der Waals surface area contributed by atoms with Crippen LogP contribution in [0.1, 0.15) is 32.1 Å². The van der Waals surface area contributed by atoms with Crippen molar-refractivity contribution in [3.63, 3.8) is 0 Å². The van der Waals surface area contributed by atoms with Gasteiger partial charge in [-0.1, -0.05) is 19.3 Å². The molecule has 1 aliphatic carbocycles. The highest BCUT2D eigenvalue weighted by Gasteiger charge is 2.30. The van der Waals surface area contributed by atoms with Crippen LogP contribution in [0.3, 0.4) is 0 Å². The van der Waals surface area contributed by atoms with Gasteiger partial charge in [-0.3, -0.25) is 0 Å². The van der Waals surface area contributed by atoms with Crippen LogP contribution in [0.15, 0.2) is 0 Å². The third-order valence-electron chi connectivity index (χ3n) is 2.32. The highest BCUT2D eigenvalue weighted by molar-refractivity contribution is 8.00. The normalized spacial score (nSPS) is 24.1. The summed E-state index contributed by atoms with van der Waals surface area (Å²) in [6.07, 6.45) is 9.17. The summed E-state index contributed by atoms with van der Waals surface area (Å²) in [5.41, 5.74) is 0. The van der Waals surface area contributed by atoms with E-state index in [4.69, 9.17) is 0 Å². The molecule has 58 valence electrons. The topological polar surface area (TPSA) is 17.1 Å². The van der Waals surface area contributed by atoms with Gasteiger partial charge in [0, 0.05) is 0 Å². The molecule has 0 spiro atoms. The Balaban J connectivity index is 2.52. The minimum absolute atomic E-state index is 0.00174. The fourth-order valence-electron chi connectivity index (χ4n) is 1.52. The van der Waals surface area contributed by atoms with Crippen molar-refractivity contribution < 1.29 is 4.79 Å². The second-order valence-corrected chi connectivity index (χ2v) is 4.17. The van der Waals surface area contributed by atoms with Crippen molar-refractivity contribution in [3.8, 4) is 0 Å². The van der Waals surface area contributed by atoms with Crippen molar-refractivity contribution in [1.29, 1.82) is 0 Å². The fraction of sp³-hybridized carbons (Fsp3) is 0.875. The van der Waals surface area contributed by atoms with Gasteiger partial charge in [0.05, 0.1) is 4.75 Å². The molecule has 0 amide bonds. The van der Waals surface area contributed by atoms with E-state index in [9.17, 15) is 4.79 Å². The largest absolute Gasteiger partial charge is 0.302 e. The number of hydrogen-bond acceptors (Lipinski definition) is 2. The zero-order valence-corrected chi connectivity index (χ0v) is 7.25. The molecule has 1 nitrogen and oxygen atoms in total. The molecule has 0 aromatic carbocycles. The Labute approximate surface area is 66.6 Å². The Morgan fingerprint density at radius 3 is 2.20 bits per heavy atom. The summed E-state index contributed by atoms with van der Waals surface area (Å²) < 4.78 is -0.00174. The first-order valence-corrected chi connectivity index (χ1v) is 5.07. The number of aldehydes is 1. The predicted octanol–water partition coefficient (Wildman–Crippen LogP) is 2.25. The average Bonchev–Trinajstić information content (AvgIpc) is 2.06. The monoisotopic (exact) mass is 158 g/mol. The lowest BCUT2D eigenvalue weighted by Gasteiger charge is -2.29. The standard InChI is InChI=1S/C8H14OS/c1-10-8(7-9)5-3-2-4-6-8/h7H,2-6H2,1H3. The summed E-state index contributed by atoms with van der Waals surface area (Å²) in [4.78, 5) is 10.7. The lowest BCUT2D eigenvalue weighted by atomic mass is 9.89. The maximum atomic E-state index is 10.7. The first-order valence-electron chi connectivity index (χ1n) is 3.84. The quantitative estimate of drug-likeness (QED) is 0.573. The molecule has 0 N–H and O–H groups in total. The van der Waals surface area contributed by atoms with E-state index in [1.54, 1.807) is 11.8 Å². The van der Waals surface area contributed by atoms with Crippen LogP contribution in [0.2, 0.25) is 0 Å². The second kappa shape index (κ2) is 3.42. The van der Waals surface area contributed by atoms with Gasteiger partial charge < -0.3 is 4.79 Å². The molecule has 0 aromatic heterocycles. The molecule has 1 fully saturated rings. The predicted molar refractivity (Wildman–Crippen MR) is 45.4 cm³/mol. The molecule has 0 heterocycles. The molecular formula is C8H14OS. The number of thioether (sulfide) groups is 1. The minimum atomic E-state index is -0.00174. The Bertz CT molecular complexity index is 116. The van der Waals surface area contributed by atoms with E-state index in [-0.39, 0.29) is 4.75 Å². The van der Waals surface area contributed by atoms with Gasteiger partial charge in [-0.15, -0.1) is 0 Å². The average molecular weight is 158 g/mol. The van der Waals surface area contributed by atoms with Crippen molar-refractivity contribution in [1.82, 2.24) is 0 Å². The summed E-state index contributed by atoms with van der Waals surface area (Å²) in [7, 11) is 0. The van der Waals surface area contributed by atoms with Gasteiger partial charge in [-0.25, -0.2) is 0 Å². The van der Waals surface area contributed by atoms with E-state index in [1.165, 1.54) is 19.3 Å². The highest BCUT2D eigenvalue weighted by atomic mass is 32.2. The Hall–Kier alpha value is 0.0200. The van der Waals surface area contributed by atoms with Gasteiger partial charge in [0.25, 0.3) is 0 Å². The van der Waals surface area contributed by atoms with E-state index in [0.717, 1.165) is 19.1 Å². The van der Waals surface area contributed by atoms with Crippen molar-refractivity contribution in [2.75, 3.05) is 6.26 Å². The van der Waals surface area contributed by atoms with Crippen LogP contribution in [0.4, 0.5) is 0 Å². The zero-order chi connectivity index (χ0) is 7.45. The molecule has 0 unspecified atom stereocenters. The van der Waals surface area contributed by atoms with Gasteiger partial charge in [0.15, 0.2) is 0 Å². The van der Waals surface area contributed by atoms with Crippen LogP contribution in [-0.2, 0) is 4.79 Å². The Kier molecular flexibility index (Phi) is 2.78. The van der Waals surface area contributed by atoms with E-state index in [1.807, 2.05) is 6.26 Å². The van der Waals surface area contributed by atoms with Crippen molar-refractivity contribution >= 4 is 18.0 Å². The third kappa shape index (κ3) is 1.54. The van der Waals surface area contributed by atoms with Gasteiger partial charge in [0.1, 0.15) is 6.29 Å². The summed E-state index contributed by atoms with van der Waals surface area (Å²) >= 11 is 1.73. The Morgan fingerprint density at radius 1 is 1.30 bits per heavy atom. The number of carbonyl (C=O) groups is 1. The van der Waals surface area contributed by atoms with E-state index < -0.39 is 0 Å². The summed E-state index contributed by atoms with van der Waals surface area (Å²) in [6, 6.07) is 0. The van der Waals surface area contributed by atoms with Crippen LogP contribution < -0.4 is 0 Å². The van der Waals surface area contributed by atoms with Crippen molar-refractivity contribution in [3.05, 3.63) is 0 Å². The molecule has 0 radical (unpaired) electrons. The summed E-state index contributed by atoms with van der Waals surface area (Å²) in [5.74, 6) is 0. The smallest absolute Gasteiger partial charge is 0.136 e. The van der Waals surface area contributed by atoms with Gasteiger partial charge in [0.2, 0.25) is 0 Å². The molecule has 1 saturated carbocycles. The maximum absolute atomic E-state index is 10.7.